The minimum absolute atomic E-state index is 0.0181. The molecule has 0 radical (unpaired) electrons. The standard InChI is InChI=1S/C59H83N3O10/c1-4-7-8-9-10-11-12-13-14-20-34-60-57(65)70-46-32-33-52-50(40-46)55-48(30-18-22-36-64)44(26-17-21-35-63)39-49-51(61-72-54-31-19-23-38-68-54)41-53(59(71-52,56(49)55)69-37-5-2)62(58(66)67-6-3)42-45-28-24-27-43-25-15-16-29-47(43)45/h5,15-16,24-25,27-29,32-33,39-40,44,48,53-56,63-64H,2,4,6-14,17-23,26,30-31,34-38,41-42H2,1,3H3,(H,60,65). The summed E-state index contributed by atoms with van der Waals surface area (Å²) in [7, 11) is 0. The topological polar surface area (TPSA) is 158 Å². The number of rotatable bonds is 29. The van der Waals surface area contributed by atoms with E-state index < -0.39 is 36.2 Å². The molecule has 2 heterocycles. The second kappa shape index (κ2) is 28.5. The molecule has 0 spiro atoms. The lowest BCUT2D eigenvalue weighted by molar-refractivity contribution is -0.256. The van der Waals surface area contributed by atoms with Crippen molar-refractivity contribution in [3.05, 3.63) is 96.1 Å². The van der Waals surface area contributed by atoms with E-state index in [1.807, 2.05) is 36.4 Å². The predicted octanol–water partition coefficient (Wildman–Crippen LogP) is 12.7. The summed E-state index contributed by atoms with van der Waals surface area (Å²) in [6.07, 6.45) is 21.8. The molecule has 2 aliphatic heterocycles. The van der Waals surface area contributed by atoms with Crippen molar-refractivity contribution in [2.45, 2.75) is 173 Å². The predicted molar refractivity (Wildman–Crippen MR) is 282 cm³/mol. The molecule has 1 saturated carbocycles. The van der Waals surface area contributed by atoms with Crippen molar-refractivity contribution in [2.24, 2.45) is 22.9 Å². The van der Waals surface area contributed by atoms with Gasteiger partial charge in [0.25, 0.3) is 0 Å². The summed E-state index contributed by atoms with van der Waals surface area (Å²) in [5.41, 5.74) is 3.37. The molecule has 13 nitrogen and oxygen atoms in total. The lowest BCUT2D eigenvalue weighted by Gasteiger charge is -2.60. The van der Waals surface area contributed by atoms with Crippen LogP contribution in [0, 0.1) is 17.8 Å². The van der Waals surface area contributed by atoms with E-state index in [0.29, 0.717) is 49.6 Å². The lowest BCUT2D eigenvalue weighted by atomic mass is 9.55. The largest absolute Gasteiger partial charge is 0.459 e. The van der Waals surface area contributed by atoms with Gasteiger partial charge in [0.05, 0.1) is 38.0 Å². The number of hydrogen-bond acceptors (Lipinski definition) is 11. The van der Waals surface area contributed by atoms with Gasteiger partial charge in [0.2, 0.25) is 12.1 Å². The van der Waals surface area contributed by atoms with Gasteiger partial charge < -0.3 is 44.1 Å². The summed E-state index contributed by atoms with van der Waals surface area (Å²) in [4.78, 5) is 36.4. The number of carbonyl (C=O) groups is 2. The maximum atomic E-state index is 14.8. The van der Waals surface area contributed by atoms with Crippen molar-refractivity contribution >= 4 is 28.7 Å². The van der Waals surface area contributed by atoms with Gasteiger partial charge in [-0.3, -0.25) is 4.90 Å². The molecule has 2 aliphatic carbocycles. The van der Waals surface area contributed by atoms with Crippen molar-refractivity contribution in [3.63, 3.8) is 0 Å². The highest BCUT2D eigenvalue weighted by Gasteiger charge is 2.66. The molecule has 7 rings (SSSR count). The van der Waals surface area contributed by atoms with E-state index in [9.17, 15) is 19.8 Å². The molecule has 72 heavy (non-hydrogen) atoms. The van der Waals surface area contributed by atoms with Crippen LogP contribution in [0.15, 0.2) is 90.1 Å². The fourth-order valence-corrected chi connectivity index (χ4v) is 11.7. The number of carbonyl (C=O) groups excluding carboxylic acids is 2. The minimum Gasteiger partial charge on any atom is -0.459 e. The molecule has 394 valence electrons. The van der Waals surface area contributed by atoms with Crippen LogP contribution in [0.1, 0.15) is 159 Å². The third-order valence-electron chi connectivity index (χ3n) is 15.2. The lowest BCUT2D eigenvalue weighted by Crippen LogP contribution is -2.70. The molecule has 1 saturated heterocycles. The Bertz CT molecular complexity index is 2240. The molecule has 7 unspecified atom stereocenters. The highest BCUT2D eigenvalue weighted by Crippen LogP contribution is 2.62. The van der Waals surface area contributed by atoms with E-state index in [2.05, 4.69) is 43.1 Å². The fraction of sp³-hybridized carbons (Fsp3) is 0.610. The molecule has 0 aromatic heterocycles. The number of unbranched alkanes of at least 4 members (excludes halogenated alkanes) is 11. The van der Waals surface area contributed by atoms with Gasteiger partial charge in [-0.1, -0.05) is 137 Å². The highest BCUT2D eigenvalue weighted by atomic mass is 16.8. The molecule has 2 amide bonds. The highest BCUT2D eigenvalue weighted by molar-refractivity contribution is 6.03. The average molecular weight is 994 g/mol. The van der Waals surface area contributed by atoms with Gasteiger partial charge in [0, 0.05) is 44.1 Å². The van der Waals surface area contributed by atoms with Crippen LogP contribution < -0.4 is 14.8 Å². The molecule has 7 atom stereocenters. The van der Waals surface area contributed by atoms with Crippen LogP contribution in [0.4, 0.5) is 9.59 Å². The second-order valence-electron chi connectivity index (χ2n) is 20.1. The number of aliphatic hydroxyl groups excluding tert-OH is 2. The Morgan fingerprint density at radius 2 is 1.64 bits per heavy atom. The van der Waals surface area contributed by atoms with E-state index in [4.69, 9.17) is 33.7 Å². The van der Waals surface area contributed by atoms with Crippen molar-refractivity contribution in [3.8, 4) is 11.5 Å². The van der Waals surface area contributed by atoms with Crippen LogP contribution in [0.2, 0.25) is 0 Å². The minimum atomic E-state index is -1.50. The van der Waals surface area contributed by atoms with Crippen LogP contribution in [-0.4, -0.2) is 90.7 Å². The van der Waals surface area contributed by atoms with Crippen LogP contribution in [0.25, 0.3) is 10.8 Å². The average Bonchev–Trinajstić information content (AvgIpc) is 3.39. The third kappa shape index (κ3) is 14.0. The molecule has 2 fully saturated rings. The number of nitrogens with zero attached hydrogens (tertiary/aromatic N) is 2. The molecule has 3 aromatic carbocycles. The SMILES string of the molecule is C=CCOC12Oc3ccc(OC(=O)NCCCCCCCCCCCC)cc3C3C(CCCCO)C(CCCCO)C=C(C(=NOC4CCCCO4)CC1N(Cc1cccc4ccccc14)C(=O)OCC)C32. The van der Waals surface area contributed by atoms with Crippen LogP contribution in [0.5, 0.6) is 11.5 Å². The van der Waals surface area contributed by atoms with Crippen molar-refractivity contribution in [2.75, 3.05) is 39.6 Å². The molecule has 0 bridgehead atoms. The van der Waals surface area contributed by atoms with E-state index in [-0.39, 0.29) is 57.1 Å². The summed E-state index contributed by atoms with van der Waals surface area (Å²) >= 11 is 0. The van der Waals surface area contributed by atoms with Gasteiger partial charge in [-0.2, -0.15) is 0 Å². The zero-order chi connectivity index (χ0) is 50.5. The van der Waals surface area contributed by atoms with E-state index in [0.717, 1.165) is 85.3 Å². The zero-order valence-electron chi connectivity index (χ0n) is 43.2. The molecule has 13 heteroatoms. The Hall–Kier alpha value is -4.95. The molecule has 3 N–H and O–H groups in total. The number of aliphatic hydroxyl groups is 2. The van der Waals surface area contributed by atoms with Gasteiger partial charge in [-0.15, -0.1) is 6.58 Å². The Labute approximate surface area is 428 Å². The summed E-state index contributed by atoms with van der Waals surface area (Å²) in [6.45, 7) is 9.85. The first kappa shape index (κ1) is 54.8. The van der Waals surface area contributed by atoms with Gasteiger partial charge in [-0.25, -0.2) is 9.59 Å². The number of hydrogen-bond donors (Lipinski definition) is 3. The Morgan fingerprint density at radius 1 is 0.889 bits per heavy atom. The normalized spacial score (nSPS) is 23.8. The summed E-state index contributed by atoms with van der Waals surface area (Å²) in [6, 6.07) is 19.0. The van der Waals surface area contributed by atoms with E-state index in [1.54, 1.807) is 24.0 Å². The first-order chi connectivity index (χ1) is 35.3. The number of amides is 2. The van der Waals surface area contributed by atoms with E-state index >= 15 is 0 Å². The van der Waals surface area contributed by atoms with Crippen molar-refractivity contribution in [1.29, 1.82) is 0 Å². The number of benzene rings is 3. The van der Waals surface area contributed by atoms with Crippen molar-refractivity contribution in [1.82, 2.24) is 10.2 Å². The van der Waals surface area contributed by atoms with Crippen LogP contribution in [0.3, 0.4) is 0 Å². The molecule has 4 aliphatic rings. The summed E-state index contributed by atoms with van der Waals surface area (Å²) < 4.78 is 32.7. The zero-order valence-corrected chi connectivity index (χ0v) is 43.2. The molecular weight excluding hydrogens is 911 g/mol. The van der Waals surface area contributed by atoms with Crippen LogP contribution >= 0.6 is 0 Å². The number of oxime groups is 1. The van der Waals surface area contributed by atoms with Gasteiger partial charge in [0.1, 0.15) is 17.5 Å². The second-order valence-corrected chi connectivity index (χ2v) is 20.1. The smallest absolute Gasteiger partial charge is 0.412 e. The van der Waals surface area contributed by atoms with Crippen molar-refractivity contribution < 1.29 is 48.3 Å². The Kier molecular flexibility index (Phi) is 21.7. The maximum absolute atomic E-state index is 14.8. The first-order valence-corrected chi connectivity index (χ1v) is 27.6. The number of fused-ring (bicyclic) bond motifs is 3. The third-order valence-corrected chi connectivity index (χ3v) is 15.2. The first-order valence-electron chi connectivity index (χ1n) is 27.6. The van der Waals surface area contributed by atoms with Gasteiger partial charge in [0.15, 0.2) is 0 Å². The number of allylic oxidation sites excluding steroid dienone is 1. The maximum Gasteiger partial charge on any atom is 0.412 e. The molecule has 3 aromatic rings. The van der Waals surface area contributed by atoms with Crippen LogP contribution in [-0.2, 0) is 25.6 Å². The fourth-order valence-electron chi connectivity index (χ4n) is 11.7. The van der Waals surface area contributed by atoms with Gasteiger partial charge >= 0.3 is 12.2 Å². The summed E-state index contributed by atoms with van der Waals surface area (Å²) in [5.74, 6) is -1.42. The Morgan fingerprint density at radius 3 is 2.38 bits per heavy atom. The Balaban J connectivity index is 1.30. The monoisotopic (exact) mass is 994 g/mol. The number of ether oxygens (including phenoxy) is 5. The van der Waals surface area contributed by atoms with E-state index in [1.165, 1.54) is 44.9 Å². The molecular formula is C59H83N3O10. The quantitative estimate of drug-likeness (QED) is 0.0347. The summed E-state index contributed by atoms with van der Waals surface area (Å²) in [5, 5.41) is 30.2. The number of nitrogens with one attached hydrogen (secondary N) is 1. The van der Waals surface area contributed by atoms with Gasteiger partial charge in [-0.05, 0) is 104 Å².